The Morgan fingerprint density at radius 1 is 1.17 bits per heavy atom. The van der Waals surface area contributed by atoms with Crippen LogP contribution in [0, 0.1) is 6.92 Å². The normalized spacial score (nSPS) is 12.6. The van der Waals surface area contributed by atoms with E-state index in [1.165, 1.54) is 5.56 Å². The van der Waals surface area contributed by atoms with E-state index in [0.717, 1.165) is 17.8 Å². The van der Waals surface area contributed by atoms with Gasteiger partial charge in [0.05, 0.1) is 17.7 Å². The molecule has 2 rings (SSSR count). The summed E-state index contributed by atoms with van der Waals surface area (Å²) in [5, 5.41) is 0. The summed E-state index contributed by atoms with van der Waals surface area (Å²) in [6.45, 7) is 8.33. The lowest BCUT2D eigenvalue weighted by Crippen LogP contribution is -2.24. The molecular weight excluding hydrogens is 298 g/mol. The number of rotatable bonds is 7. The van der Waals surface area contributed by atoms with Gasteiger partial charge in [0.25, 0.3) is 0 Å². The van der Waals surface area contributed by atoms with E-state index in [4.69, 9.17) is 4.74 Å². The fourth-order valence-corrected chi connectivity index (χ4v) is 2.22. The molecule has 0 saturated carbocycles. The Labute approximate surface area is 145 Å². The molecule has 1 aromatic heterocycles. The summed E-state index contributed by atoms with van der Waals surface area (Å²) < 4.78 is 6.08. The van der Waals surface area contributed by atoms with Crippen LogP contribution < -0.4 is 4.74 Å². The fraction of sp³-hybridized carbons (Fsp3) is 0.400. The number of hydrogen-bond acceptors (Lipinski definition) is 3. The van der Waals surface area contributed by atoms with Gasteiger partial charge in [-0.1, -0.05) is 37.3 Å². The number of pyridine rings is 1. The van der Waals surface area contributed by atoms with E-state index >= 15 is 0 Å². The van der Waals surface area contributed by atoms with E-state index in [-0.39, 0.29) is 6.10 Å². The topological polar surface area (TPSA) is 37.7 Å². The van der Waals surface area contributed by atoms with Crippen molar-refractivity contribution >= 4 is 12.0 Å². The molecule has 0 saturated heterocycles. The third kappa shape index (κ3) is 4.82. The smallest absolute Gasteiger partial charge is 0.214 e. The van der Waals surface area contributed by atoms with Gasteiger partial charge in [-0.25, -0.2) is 9.98 Å². The second-order valence-electron chi connectivity index (χ2n) is 6.18. The third-order valence-electron chi connectivity index (χ3n) is 4.03. The lowest BCUT2D eigenvalue weighted by molar-refractivity contribution is 0.192. The van der Waals surface area contributed by atoms with E-state index in [9.17, 15) is 0 Å². The summed E-state index contributed by atoms with van der Waals surface area (Å²) in [6.07, 6.45) is 2.75. The molecule has 0 N–H and O–H groups in total. The van der Waals surface area contributed by atoms with Gasteiger partial charge < -0.3 is 9.64 Å². The van der Waals surface area contributed by atoms with Crippen molar-refractivity contribution < 1.29 is 4.74 Å². The second kappa shape index (κ2) is 8.48. The Kier molecular flexibility index (Phi) is 6.36. The number of benzene rings is 1. The molecular formula is C20H27N3O. The van der Waals surface area contributed by atoms with Crippen LogP contribution in [0.4, 0.5) is 5.69 Å². The molecule has 24 heavy (non-hydrogen) atoms. The van der Waals surface area contributed by atoms with E-state index in [0.29, 0.717) is 11.9 Å². The van der Waals surface area contributed by atoms with Gasteiger partial charge >= 0.3 is 0 Å². The van der Waals surface area contributed by atoms with Crippen LogP contribution in [0.25, 0.3) is 0 Å². The van der Waals surface area contributed by atoms with Gasteiger partial charge in [0.15, 0.2) is 0 Å². The molecule has 2 aromatic rings. The highest BCUT2D eigenvalue weighted by Gasteiger charge is 2.12. The fourth-order valence-electron chi connectivity index (χ4n) is 2.22. The molecule has 4 nitrogen and oxygen atoms in total. The number of nitrogens with zero attached hydrogens (tertiary/aromatic N) is 3. The molecule has 1 aromatic carbocycles. The van der Waals surface area contributed by atoms with E-state index in [2.05, 4.69) is 47.8 Å². The third-order valence-corrected chi connectivity index (χ3v) is 4.03. The van der Waals surface area contributed by atoms with Crippen LogP contribution in [0.5, 0.6) is 5.88 Å². The number of hydrogen-bond donors (Lipinski definition) is 0. The highest BCUT2D eigenvalue weighted by molar-refractivity contribution is 5.62. The second-order valence-corrected chi connectivity index (χ2v) is 6.18. The predicted octanol–water partition coefficient (Wildman–Crippen LogP) is 4.92. The summed E-state index contributed by atoms with van der Waals surface area (Å²) in [7, 11) is 2.01. The summed E-state index contributed by atoms with van der Waals surface area (Å²) in [5.74, 6) is 0.638. The van der Waals surface area contributed by atoms with Crippen molar-refractivity contribution in [1.82, 2.24) is 9.88 Å². The van der Waals surface area contributed by atoms with Crippen molar-refractivity contribution in [3.63, 3.8) is 0 Å². The van der Waals surface area contributed by atoms with Crippen LogP contribution in [-0.4, -0.2) is 29.3 Å². The highest BCUT2D eigenvalue weighted by atomic mass is 16.5. The van der Waals surface area contributed by atoms with Gasteiger partial charge in [0.1, 0.15) is 6.10 Å². The van der Waals surface area contributed by atoms with Crippen molar-refractivity contribution in [3.05, 3.63) is 53.7 Å². The maximum Gasteiger partial charge on any atom is 0.214 e. The van der Waals surface area contributed by atoms with Crippen molar-refractivity contribution in [1.29, 1.82) is 0 Å². The number of aromatic nitrogens is 1. The monoisotopic (exact) mass is 325 g/mol. The summed E-state index contributed by atoms with van der Waals surface area (Å²) >= 11 is 0. The average Bonchev–Trinajstić information content (AvgIpc) is 2.59. The first-order valence-corrected chi connectivity index (χ1v) is 8.46. The SMILES string of the molecule is CCC(Oc1ccc(/N=C/N(C)C(C)C)c(C)n1)c1ccccc1. The molecule has 4 heteroatoms. The van der Waals surface area contributed by atoms with Crippen LogP contribution in [0.1, 0.15) is 44.6 Å². The first-order chi connectivity index (χ1) is 11.5. The molecule has 0 aliphatic carbocycles. The molecule has 1 unspecified atom stereocenters. The quantitative estimate of drug-likeness (QED) is 0.535. The molecule has 0 fully saturated rings. The summed E-state index contributed by atoms with van der Waals surface area (Å²) in [4.78, 5) is 11.1. The van der Waals surface area contributed by atoms with Gasteiger partial charge in [-0.15, -0.1) is 0 Å². The molecule has 1 heterocycles. The minimum atomic E-state index is 0.0134. The lowest BCUT2D eigenvalue weighted by Gasteiger charge is -2.18. The van der Waals surface area contributed by atoms with Crippen molar-refractivity contribution in [2.45, 2.75) is 46.3 Å². The van der Waals surface area contributed by atoms with Crippen LogP contribution in [0.2, 0.25) is 0 Å². The Morgan fingerprint density at radius 2 is 1.88 bits per heavy atom. The molecule has 0 aliphatic heterocycles. The van der Waals surface area contributed by atoms with Crippen LogP contribution in [-0.2, 0) is 0 Å². The van der Waals surface area contributed by atoms with Crippen LogP contribution in [0.3, 0.4) is 0 Å². The largest absolute Gasteiger partial charge is 0.469 e. The van der Waals surface area contributed by atoms with E-state index < -0.39 is 0 Å². The molecule has 128 valence electrons. The molecule has 1 atom stereocenters. The van der Waals surface area contributed by atoms with Crippen LogP contribution >= 0.6 is 0 Å². The van der Waals surface area contributed by atoms with Crippen molar-refractivity contribution in [2.75, 3.05) is 7.05 Å². The minimum absolute atomic E-state index is 0.0134. The van der Waals surface area contributed by atoms with E-state index in [1.54, 1.807) is 0 Å². The van der Waals surface area contributed by atoms with Gasteiger partial charge in [-0.3, -0.25) is 0 Å². The van der Waals surface area contributed by atoms with Crippen LogP contribution in [0.15, 0.2) is 47.5 Å². The van der Waals surface area contributed by atoms with Gasteiger partial charge in [-0.2, -0.15) is 0 Å². The zero-order valence-electron chi connectivity index (χ0n) is 15.2. The zero-order valence-corrected chi connectivity index (χ0v) is 15.2. The molecule has 0 spiro atoms. The number of aryl methyl sites for hydroxylation is 1. The Morgan fingerprint density at radius 3 is 2.46 bits per heavy atom. The first-order valence-electron chi connectivity index (χ1n) is 8.46. The van der Waals surface area contributed by atoms with Gasteiger partial charge in [-0.05, 0) is 38.8 Å². The molecule has 0 amide bonds. The van der Waals surface area contributed by atoms with Gasteiger partial charge in [0, 0.05) is 19.2 Å². The Balaban J connectivity index is 2.11. The summed E-state index contributed by atoms with van der Waals surface area (Å²) in [6, 6.07) is 14.5. The van der Waals surface area contributed by atoms with Crippen molar-refractivity contribution in [2.24, 2.45) is 4.99 Å². The van der Waals surface area contributed by atoms with Gasteiger partial charge in [0.2, 0.25) is 5.88 Å². The average molecular weight is 325 g/mol. The maximum absolute atomic E-state index is 6.08. The summed E-state index contributed by atoms with van der Waals surface area (Å²) in [5.41, 5.74) is 2.89. The molecule has 0 radical (unpaired) electrons. The lowest BCUT2D eigenvalue weighted by atomic mass is 10.1. The Bertz CT molecular complexity index is 668. The molecule has 0 aliphatic rings. The maximum atomic E-state index is 6.08. The zero-order chi connectivity index (χ0) is 17.5. The standard InChI is InChI=1S/C20H27N3O/c1-6-19(17-10-8-7-9-11-17)24-20-13-12-18(16(4)22-20)21-14-23(5)15(2)3/h7-15,19H,6H2,1-5H3/b21-14+. The Hall–Kier alpha value is -2.36. The molecule has 0 bridgehead atoms. The number of aliphatic imine (C=N–C) groups is 1. The van der Waals surface area contributed by atoms with E-state index in [1.807, 2.05) is 50.6 Å². The highest BCUT2D eigenvalue weighted by Crippen LogP contribution is 2.26. The minimum Gasteiger partial charge on any atom is -0.469 e. The number of ether oxygens (including phenoxy) is 1. The van der Waals surface area contributed by atoms with Crippen molar-refractivity contribution in [3.8, 4) is 5.88 Å². The first kappa shape index (κ1) is 18.0. The predicted molar refractivity (Wildman–Crippen MR) is 100 cm³/mol.